The van der Waals surface area contributed by atoms with E-state index in [1.807, 2.05) is 4.90 Å². The summed E-state index contributed by atoms with van der Waals surface area (Å²) in [4.78, 5) is 36.9. The van der Waals surface area contributed by atoms with Crippen LogP contribution in [0.15, 0.2) is 18.6 Å². The third-order valence-corrected chi connectivity index (χ3v) is 4.90. The van der Waals surface area contributed by atoms with Crippen LogP contribution >= 0.6 is 0 Å². The van der Waals surface area contributed by atoms with Gasteiger partial charge in [-0.15, -0.1) is 0 Å². The Morgan fingerprint density at radius 1 is 1.24 bits per heavy atom. The lowest BCUT2D eigenvalue weighted by Gasteiger charge is -2.37. The predicted molar refractivity (Wildman–Crippen MR) is 91.7 cm³/mol. The van der Waals surface area contributed by atoms with E-state index in [0.717, 1.165) is 37.8 Å². The van der Waals surface area contributed by atoms with Gasteiger partial charge in [-0.1, -0.05) is 6.42 Å². The minimum Gasteiger partial charge on any atom is -0.377 e. The van der Waals surface area contributed by atoms with Crippen LogP contribution in [-0.2, 0) is 20.7 Å². The molecule has 136 valence electrons. The van der Waals surface area contributed by atoms with Gasteiger partial charge in [0.15, 0.2) is 0 Å². The van der Waals surface area contributed by atoms with Crippen LogP contribution in [0.25, 0.3) is 0 Å². The summed E-state index contributed by atoms with van der Waals surface area (Å²) in [5.41, 5.74) is 0.920. The molecule has 1 aromatic heterocycles. The first-order valence-corrected chi connectivity index (χ1v) is 9.14. The highest BCUT2D eigenvalue weighted by Crippen LogP contribution is 2.16. The first-order chi connectivity index (χ1) is 12.2. The lowest BCUT2D eigenvalue weighted by Crippen LogP contribution is -2.52. The molecule has 1 atom stereocenters. The van der Waals surface area contributed by atoms with Crippen molar-refractivity contribution in [3.63, 3.8) is 0 Å². The van der Waals surface area contributed by atoms with E-state index in [1.165, 1.54) is 0 Å². The van der Waals surface area contributed by atoms with Crippen LogP contribution < -0.4 is 0 Å². The van der Waals surface area contributed by atoms with Crippen molar-refractivity contribution in [1.29, 1.82) is 0 Å². The van der Waals surface area contributed by atoms with E-state index in [0.29, 0.717) is 32.7 Å². The molecule has 0 aromatic carbocycles. The van der Waals surface area contributed by atoms with Crippen LogP contribution in [0.4, 0.5) is 0 Å². The zero-order chi connectivity index (χ0) is 17.5. The number of carbonyl (C=O) groups excluding carboxylic acids is 2. The molecular formula is C18H26N4O3. The van der Waals surface area contributed by atoms with Crippen LogP contribution in [0, 0.1) is 0 Å². The number of rotatable bonds is 5. The minimum atomic E-state index is 0.0303. The molecular weight excluding hydrogens is 320 g/mol. The monoisotopic (exact) mass is 346 g/mol. The smallest absolute Gasteiger partial charge is 0.242 e. The Kier molecular flexibility index (Phi) is 6.33. The molecule has 2 aliphatic rings. The molecule has 2 aliphatic heterocycles. The Bertz CT molecular complexity index is 581. The Labute approximate surface area is 148 Å². The molecule has 7 nitrogen and oxygen atoms in total. The summed E-state index contributed by atoms with van der Waals surface area (Å²) >= 11 is 0. The second-order valence-corrected chi connectivity index (χ2v) is 6.68. The van der Waals surface area contributed by atoms with Gasteiger partial charge in [-0.25, -0.2) is 0 Å². The summed E-state index contributed by atoms with van der Waals surface area (Å²) in [5.74, 6) is 0.137. The van der Waals surface area contributed by atoms with Gasteiger partial charge < -0.3 is 14.5 Å². The summed E-state index contributed by atoms with van der Waals surface area (Å²) in [5, 5.41) is 0. The van der Waals surface area contributed by atoms with Crippen molar-refractivity contribution in [2.75, 3.05) is 32.8 Å². The van der Waals surface area contributed by atoms with E-state index in [2.05, 4.69) is 9.97 Å². The second kappa shape index (κ2) is 8.89. The Balaban J connectivity index is 1.57. The Hall–Kier alpha value is -2.02. The van der Waals surface area contributed by atoms with Crippen molar-refractivity contribution in [2.45, 2.75) is 44.6 Å². The van der Waals surface area contributed by atoms with Crippen LogP contribution in [0.2, 0.25) is 0 Å². The largest absolute Gasteiger partial charge is 0.377 e. The number of amides is 2. The van der Waals surface area contributed by atoms with Crippen molar-refractivity contribution in [2.24, 2.45) is 0 Å². The molecule has 0 bridgehead atoms. The molecule has 1 aromatic rings. The number of aromatic nitrogens is 2. The van der Waals surface area contributed by atoms with Gasteiger partial charge in [0.25, 0.3) is 0 Å². The first-order valence-electron chi connectivity index (χ1n) is 9.14. The average molecular weight is 346 g/mol. The maximum absolute atomic E-state index is 12.8. The van der Waals surface area contributed by atoms with Crippen molar-refractivity contribution in [3.05, 3.63) is 24.3 Å². The molecule has 0 unspecified atom stereocenters. The number of aryl methyl sites for hydroxylation is 1. The van der Waals surface area contributed by atoms with E-state index in [1.54, 1.807) is 23.5 Å². The third-order valence-electron chi connectivity index (χ3n) is 4.90. The number of hydrogen-bond donors (Lipinski definition) is 0. The van der Waals surface area contributed by atoms with Gasteiger partial charge in [0.2, 0.25) is 11.8 Å². The highest BCUT2D eigenvalue weighted by molar-refractivity contribution is 5.85. The SMILES string of the molecule is O=C1CCCCCN1CC(=O)N1CCOC[C@@H]1CCc1cnccn1. The van der Waals surface area contributed by atoms with Crippen molar-refractivity contribution in [3.8, 4) is 0 Å². The van der Waals surface area contributed by atoms with E-state index >= 15 is 0 Å². The number of ether oxygens (including phenoxy) is 1. The molecule has 0 saturated carbocycles. The zero-order valence-electron chi connectivity index (χ0n) is 14.6. The molecule has 0 radical (unpaired) electrons. The topological polar surface area (TPSA) is 75.6 Å². The van der Waals surface area contributed by atoms with Gasteiger partial charge in [0.1, 0.15) is 0 Å². The quantitative estimate of drug-likeness (QED) is 0.796. The maximum atomic E-state index is 12.8. The van der Waals surface area contributed by atoms with Gasteiger partial charge in [-0.2, -0.15) is 0 Å². The molecule has 0 spiro atoms. The molecule has 2 amide bonds. The highest BCUT2D eigenvalue weighted by Gasteiger charge is 2.29. The van der Waals surface area contributed by atoms with E-state index in [-0.39, 0.29) is 24.4 Å². The van der Waals surface area contributed by atoms with E-state index < -0.39 is 0 Å². The molecule has 3 heterocycles. The lowest BCUT2D eigenvalue weighted by atomic mass is 10.1. The Morgan fingerprint density at radius 3 is 3.00 bits per heavy atom. The number of carbonyl (C=O) groups is 2. The van der Waals surface area contributed by atoms with Gasteiger partial charge in [-0.3, -0.25) is 19.6 Å². The standard InChI is InChI=1S/C18H26N4O3/c23-17-4-2-1-3-9-21(17)13-18(24)22-10-11-25-14-16(22)6-5-15-12-19-7-8-20-15/h7-8,12,16H,1-6,9-11,13-14H2/t16-/m0/s1. The van der Waals surface area contributed by atoms with Crippen LogP contribution in [-0.4, -0.2) is 70.5 Å². The van der Waals surface area contributed by atoms with Gasteiger partial charge in [-0.05, 0) is 25.7 Å². The fraction of sp³-hybridized carbons (Fsp3) is 0.667. The van der Waals surface area contributed by atoms with Gasteiger partial charge in [0.05, 0.1) is 31.5 Å². The summed E-state index contributed by atoms with van der Waals surface area (Å²) in [6.45, 7) is 2.58. The van der Waals surface area contributed by atoms with E-state index in [4.69, 9.17) is 4.74 Å². The lowest BCUT2D eigenvalue weighted by molar-refractivity contribution is -0.146. The van der Waals surface area contributed by atoms with Crippen LogP contribution in [0.5, 0.6) is 0 Å². The predicted octanol–water partition coefficient (Wildman–Crippen LogP) is 1.04. The summed E-state index contributed by atoms with van der Waals surface area (Å²) in [6.07, 6.45) is 10.2. The molecule has 3 rings (SSSR count). The fourth-order valence-corrected chi connectivity index (χ4v) is 3.46. The van der Waals surface area contributed by atoms with Gasteiger partial charge >= 0.3 is 0 Å². The van der Waals surface area contributed by atoms with Gasteiger partial charge in [0, 0.05) is 38.1 Å². The second-order valence-electron chi connectivity index (χ2n) is 6.68. The molecule has 2 saturated heterocycles. The first kappa shape index (κ1) is 17.8. The summed E-state index contributed by atoms with van der Waals surface area (Å²) < 4.78 is 5.57. The Morgan fingerprint density at radius 2 is 2.16 bits per heavy atom. The van der Waals surface area contributed by atoms with E-state index in [9.17, 15) is 9.59 Å². The van der Waals surface area contributed by atoms with Crippen LogP contribution in [0.1, 0.15) is 37.8 Å². The third kappa shape index (κ3) is 4.98. The summed E-state index contributed by atoms with van der Waals surface area (Å²) in [6, 6.07) is 0.0327. The molecule has 2 fully saturated rings. The number of nitrogens with zero attached hydrogens (tertiary/aromatic N) is 4. The molecule has 0 aliphatic carbocycles. The molecule has 0 N–H and O–H groups in total. The van der Waals surface area contributed by atoms with Crippen LogP contribution in [0.3, 0.4) is 0 Å². The van der Waals surface area contributed by atoms with Crippen molar-refractivity contribution in [1.82, 2.24) is 19.8 Å². The number of likely N-dealkylation sites (tertiary alicyclic amines) is 1. The number of morpholine rings is 1. The summed E-state index contributed by atoms with van der Waals surface area (Å²) in [7, 11) is 0. The zero-order valence-corrected chi connectivity index (χ0v) is 14.6. The maximum Gasteiger partial charge on any atom is 0.242 e. The average Bonchev–Trinajstić information content (AvgIpc) is 2.85. The van der Waals surface area contributed by atoms with Crippen molar-refractivity contribution >= 4 is 11.8 Å². The normalized spacial score (nSPS) is 21.9. The molecule has 7 heteroatoms. The van der Waals surface area contributed by atoms with Crippen molar-refractivity contribution < 1.29 is 14.3 Å². The molecule has 25 heavy (non-hydrogen) atoms. The number of hydrogen-bond acceptors (Lipinski definition) is 5. The fourth-order valence-electron chi connectivity index (χ4n) is 3.46. The highest BCUT2D eigenvalue weighted by atomic mass is 16.5. The minimum absolute atomic E-state index is 0.0303.